The van der Waals surface area contributed by atoms with E-state index in [1.807, 2.05) is 0 Å². The minimum absolute atomic E-state index is 0.227. The van der Waals surface area contributed by atoms with E-state index in [1.54, 1.807) is 27.7 Å². The van der Waals surface area contributed by atoms with E-state index in [-0.39, 0.29) is 11.8 Å². The molecule has 2 aliphatic rings. The van der Waals surface area contributed by atoms with Crippen molar-refractivity contribution in [2.75, 3.05) is 0 Å². The van der Waals surface area contributed by atoms with E-state index in [0.29, 0.717) is 5.56 Å². The number of hydrogen-bond donors (Lipinski definition) is 0. The fraction of sp³-hybridized carbons (Fsp3) is 0.529. The van der Waals surface area contributed by atoms with Crippen molar-refractivity contribution in [3.8, 4) is 0 Å². The number of fused-ring (bicyclic) bond motifs is 1. The molecule has 0 N–H and O–H groups in total. The van der Waals surface area contributed by atoms with Crippen LogP contribution >= 0.6 is 0 Å². The zero-order valence-electron chi connectivity index (χ0n) is 13.4. The highest BCUT2D eigenvalue weighted by Crippen LogP contribution is 2.65. The standard InChI is InChI=1S/C17H18F3NO2/c1-15(2,3)21-13(22)11-12(14(21)23)16(11,4)9-5-7-10(8-6-9)17(18,19)20/h5-8,11-12H,1-4H3/t11-,12+,16?. The number of amides is 2. The predicted octanol–water partition coefficient (Wildman–Crippen LogP) is 3.38. The number of carbonyl (C=O) groups excluding carboxylic acids is 2. The van der Waals surface area contributed by atoms with Gasteiger partial charge in [-0.3, -0.25) is 14.5 Å². The highest BCUT2D eigenvalue weighted by molar-refractivity contribution is 6.12. The lowest BCUT2D eigenvalue weighted by atomic mass is 9.90. The number of likely N-dealkylation sites (tertiary alicyclic amines) is 1. The minimum atomic E-state index is -4.40. The average Bonchev–Trinajstić information content (AvgIpc) is 2.93. The van der Waals surface area contributed by atoms with Crippen molar-refractivity contribution >= 4 is 11.8 Å². The molecule has 1 unspecified atom stereocenters. The van der Waals surface area contributed by atoms with Crippen molar-refractivity contribution in [1.29, 1.82) is 0 Å². The fourth-order valence-corrected chi connectivity index (χ4v) is 3.74. The number of halogens is 3. The first-order valence-corrected chi connectivity index (χ1v) is 7.46. The topological polar surface area (TPSA) is 37.4 Å². The summed E-state index contributed by atoms with van der Waals surface area (Å²) in [5.41, 5.74) is -1.40. The molecular formula is C17H18F3NO2. The molecule has 0 radical (unpaired) electrons. The van der Waals surface area contributed by atoms with Gasteiger partial charge in [-0.2, -0.15) is 13.2 Å². The van der Waals surface area contributed by atoms with Crippen molar-refractivity contribution in [3.05, 3.63) is 35.4 Å². The van der Waals surface area contributed by atoms with Crippen LogP contribution in [-0.2, 0) is 21.2 Å². The minimum Gasteiger partial charge on any atom is -0.277 e. The number of piperidine rings is 1. The molecule has 23 heavy (non-hydrogen) atoms. The summed E-state index contributed by atoms with van der Waals surface area (Å²) in [5, 5.41) is 0. The normalized spacial score (nSPS) is 30.7. The summed E-state index contributed by atoms with van der Waals surface area (Å²) in [6, 6.07) is 4.77. The Labute approximate surface area is 132 Å². The highest BCUT2D eigenvalue weighted by atomic mass is 19.4. The Morgan fingerprint density at radius 2 is 1.39 bits per heavy atom. The van der Waals surface area contributed by atoms with Crippen molar-refractivity contribution in [2.45, 2.75) is 44.8 Å². The summed E-state index contributed by atoms with van der Waals surface area (Å²) < 4.78 is 38.0. The van der Waals surface area contributed by atoms with E-state index in [0.717, 1.165) is 12.1 Å². The summed E-state index contributed by atoms with van der Waals surface area (Å²) in [4.78, 5) is 26.4. The van der Waals surface area contributed by atoms with Crippen LogP contribution in [0.4, 0.5) is 13.2 Å². The van der Waals surface area contributed by atoms with Crippen molar-refractivity contribution in [2.24, 2.45) is 11.8 Å². The maximum atomic E-state index is 12.7. The maximum Gasteiger partial charge on any atom is 0.416 e. The maximum absolute atomic E-state index is 12.7. The SMILES string of the molecule is CC1(c2ccc(C(F)(F)F)cc2)[C@@H]2C(=O)N(C(C)(C)C)C(=O)[C@@H]21. The average molecular weight is 325 g/mol. The smallest absolute Gasteiger partial charge is 0.277 e. The van der Waals surface area contributed by atoms with Crippen LogP contribution in [0.15, 0.2) is 24.3 Å². The lowest BCUT2D eigenvalue weighted by Crippen LogP contribution is -2.49. The van der Waals surface area contributed by atoms with E-state index in [1.165, 1.54) is 17.0 Å². The highest BCUT2D eigenvalue weighted by Gasteiger charge is 2.76. The number of benzene rings is 1. The number of hydrogen-bond acceptors (Lipinski definition) is 2. The molecular weight excluding hydrogens is 307 g/mol. The lowest BCUT2D eigenvalue weighted by Gasteiger charge is -2.33. The van der Waals surface area contributed by atoms with Crippen LogP contribution in [-0.4, -0.2) is 22.3 Å². The second-order valence-electron chi connectivity index (χ2n) is 7.50. The van der Waals surface area contributed by atoms with Gasteiger partial charge in [-0.05, 0) is 38.5 Å². The predicted molar refractivity (Wildman–Crippen MR) is 77.4 cm³/mol. The molecule has 6 heteroatoms. The molecule has 3 atom stereocenters. The Kier molecular flexibility index (Phi) is 3.04. The van der Waals surface area contributed by atoms with Crippen LogP contribution in [0.5, 0.6) is 0 Å². The third-order valence-corrected chi connectivity index (χ3v) is 4.99. The van der Waals surface area contributed by atoms with E-state index < -0.39 is 34.5 Å². The van der Waals surface area contributed by atoms with Gasteiger partial charge in [0.2, 0.25) is 11.8 Å². The number of alkyl halides is 3. The Morgan fingerprint density at radius 3 is 1.74 bits per heavy atom. The van der Waals surface area contributed by atoms with Gasteiger partial charge in [0.05, 0.1) is 17.4 Å². The molecule has 1 heterocycles. The summed E-state index contributed by atoms with van der Waals surface area (Å²) in [6.07, 6.45) is -4.40. The van der Waals surface area contributed by atoms with E-state index >= 15 is 0 Å². The quantitative estimate of drug-likeness (QED) is 0.742. The van der Waals surface area contributed by atoms with Gasteiger partial charge in [0.1, 0.15) is 0 Å². The molecule has 1 aliphatic carbocycles. The zero-order chi connectivity index (χ0) is 17.4. The molecule has 1 saturated carbocycles. The monoisotopic (exact) mass is 325 g/mol. The van der Waals surface area contributed by atoms with E-state index in [9.17, 15) is 22.8 Å². The van der Waals surface area contributed by atoms with Gasteiger partial charge in [0.15, 0.2) is 0 Å². The van der Waals surface area contributed by atoms with Crippen LogP contribution in [0.1, 0.15) is 38.8 Å². The molecule has 1 aliphatic heterocycles. The lowest BCUT2D eigenvalue weighted by molar-refractivity contribution is -0.148. The number of imide groups is 1. The van der Waals surface area contributed by atoms with Gasteiger partial charge >= 0.3 is 6.18 Å². The molecule has 0 aromatic heterocycles. The largest absolute Gasteiger partial charge is 0.416 e. The molecule has 0 spiro atoms. The van der Waals surface area contributed by atoms with Gasteiger partial charge in [0.25, 0.3) is 0 Å². The van der Waals surface area contributed by atoms with Crippen LogP contribution < -0.4 is 0 Å². The third-order valence-electron chi connectivity index (χ3n) is 4.99. The number of carbonyl (C=O) groups is 2. The molecule has 1 saturated heterocycles. The fourth-order valence-electron chi connectivity index (χ4n) is 3.74. The van der Waals surface area contributed by atoms with Crippen LogP contribution in [0.3, 0.4) is 0 Å². The van der Waals surface area contributed by atoms with E-state index in [2.05, 4.69) is 0 Å². The first-order chi connectivity index (χ1) is 10.4. The molecule has 1 aromatic rings. The Balaban J connectivity index is 1.90. The second kappa shape index (κ2) is 4.36. The van der Waals surface area contributed by atoms with Gasteiger partial charge in [0, 0.05) is 11.0 Å². The van der Waals surface area contributed by atoms with Crippen LogP contribution in [0, 0.1) is 11.8 Å². The van der Waals surface area contributed by atoms with Gasteiger partial charge in [-0.1, -0.05) is 19.1 Å². The van der Waals surface area contributed by atoms with Gasteiger partial charge in [-0.15, -0.1) is 0 Å². The van der Waals surface area contributed by atoms with Crippen LogP contribution in [0.2, 0.25) is 0 Å². The molecule has 124 valence electrons. The van der Waals surface area contributed by atoms with Crippen molar-refractivity contribution in [1.82, 2.24) is 4.90 Å². The number of rotatable bonds is 1. The molecule has 0 bridgehead atoms. The Morgan fingerprint density at radius 1 is 0.957 bits per heavy atom. The summed E-state index contributed by atoms with van der Waals surface area (Å²) in [7, 11) is 0. The summed E-state index contributed by atoms with van der Waals surface area (Å²) in [5.74, 6) is -1.39. The van der Waals surface area contributed by atoms with Crippen LogP contribution in [0.25, 0.3) is 0 Å². The molecule has 3 nitrogen and oxygen atoms in total. The van der Waals surface area contributed by atoms with Crippen molar-refractivity contribution < 1.29 is 22.8 Å². The molecule has 1 aromatic carbocycles. The Bertz CT molecular complexity index is 663. The zero-order valence-corrected chi connectivity index (χ0v) is 13.4. The second-order valence-corrected chi connectivity index (χ2v) is 7.50. The van der Waals surface area contributed by atoms with Gasteiger partial charge in [-0.25, -0.2) is 0 Å². The first-order valence-electron chi connectivity index (χ1n) is 7.46. The summed E-state index contributed by atoms with van der Waals surface area (Å²) in [6.45, 7) is 7.16. The first kappa shape index (κ1) is 16.0. The molecule has 2 fully saturated rings. The van der Waals surface area contributed by atoms with Gasteiger partial charge < -0.3 is 0 Å². The molecule has 3 rings (SSSR count). The van der Waals surface area contributed by atoms with Crippen molar-refractivity contribution in [3.63, 3.8) is 0 Å². The summed E-state index contributed by atoms with van der Waals surface area (Å²) >= 11 is 0. The number of nitrogens with zero attached hydrogens (tertiary/aromatic N) is 1. The van der Waals surface area contributed by atoms with E-state index in [4.69, 9.17) is 0 Å². The Hall–Kier alpha value is -1.85. The molecule has 2 amide bonds. The third kappa shape index (κ3) is 2.11.